The summed E-state index contributed by atoms with van der Waals surface area (Å²) in [5.74, 6) is 0. The predicted molar refractivity (Wildman–Crippen MR) is 209 cm³/mol. The number of aryl methyl sites for hydroxylation is 4. The topological polar surface area (TPSA) is 63.5 Å². The first-order chi connectivity index (χ1) is 24.1. The van der Waals surface area contributed by atoms with Gasteiger partial charge in [0.1, 0.15) is 5.60 Å². The van der Waals surface area contributed by atoms with Crippen LogP contribution in [0.5, 0.6) is 0 Å². The monoisotopic (exact) mass is 741 g/mol. The maximum Gasteiger partial charge on any atom is 0.293 e. The number of likely N-dealkylation sites (tertiary alicyclic amines) is 1. The van der Waals surface area contributed by atoms with Gasteiger partial charge in [-0.05, 0) is 118 Å². The van der Waals surface area contributed by atoms with Crippen molar-refractivity contribution in [2.24, 2.45) is 0 Å². The normalized spacial score (nSPS) is 15.3. The lowest BCUT2D eigenvalue weighted by Crippen LogP contribution is -2.44. The van der Waals surface area contributed by atoms with Gasteiger partial charge in [-0.25, -0.2) is 4.98 Å². The molecule has 1 aliphatic carbocycles. The Bertz CT molecular complexity index is 1510. The van der Waals surface area contributed by atoms with Crippen LogP contribution in [0.3, 0.4) is 0 Å². The van der Waals surface area contributed by atoms with Crippen LogP contribution in [-0.2, 0) is 41.9 Å². The Labute approximate surface area is 309 Å². The molecule has 7 nitrogen and oxygen atoms in total. The van der Waals surface area contributed by atoms with E-state index in [1.165, 1.54) is 72.3 Å². The number of ether oxygens (including phenoxy) is 1. The Kier molecular flexibility index (Phi) is 17.4. The van der Waals surface area contributed by atoms with Crippen molar-refractivity contribution in [3.63, 3.8) is 0 Å². The minimum atomic E-state index is -0.318. The Morgan fingerprint density at radius 2 is 1.80 bits per heavy atom. The fraction of sp³-hybridized carbons (Fsp3) is 0.452. The average Bonchev–Trinajstić information content (AvgIpc) is 3.55. The molecule has 268 valence electrons. The molecule has 50 heavy (non-hydrogen) atoms. The fourth-order valence-corrected chi connectivity index (χ4v) is 6.66. The molecule has 1 aliphatic heterocycles. The van der Waals surface area contributed by atoms with Gasteiger partial charge in [0.25, 0.3) is 6.47 Å². The average molecular weight is 743 g/mol. The lowest BCUT2D eigenvalue weighted by atomic mass is 10.0. The fourth-order valence-electron chi connectivity index (χ4n) is 6.28. The first kappa shape index (κ1) is 40.7. The molecular weight excluding hydrogens is 686 g/mol. The van der Waals surface area contributed by atoms with E-state index in [1.807, 2.05) is 39.5 Å². The second kappa shape index (κ2) is 21.4. The second-order valence-electron chi connectivity index (χ2n) is 14.0. The summed E-state index contributed by atoms with van der Waals surface area (Å²) < 4.78 is 7.80. The van der Waals surface area contributed by atoms with E-state index in [0.717, 1.165) is 43.4 Å². The highest BCUT2D eigenvalue weighted by Gasteiger charge is 2.21. The van der Waals surface area contributed by atoms with Gasteiger partial charge in [0.2, 0.25) is 0 Å². The van der Waals surface area contributed by atoms with Crippen molar-refractivity contribution in [3.8, 4) is 12.8 Å². The van der Waals surface area contributed by atoms with Crippen LogP contribution in [0, 0.1) is 19.8 Å². The summed E-state index contributed by atoms with van der Waals surface area (Å²) in [5, 5.41) is 0. The number of terminal acetylenes is 1. The number of aromatic nitrogens is 3. The number of hydrogen-bond donors (Lipinski definition) is 0. The maximum absolute atomic E-state index is 9.60. The van der Waals surface area contributed by atoms with Crippen LogP contribution in [0.1, 0.15) is 80.0 Å². The number of carbonyl (C=O) groups excluding carboxylic acids is 1. The van der Waals surface area contributed by atoms with Crippen LogP contribution < -0.4 is 0 Å². The van der Waals surface area contributed by atoms with Gasteiger partial charge in [-0.1, -0.05) is 60.5 Å². The largest absolute Gasteiger partial charge is 0.462 e. The van der Waals surface area contributed by atoms with E-state index in [4.69, 9.17) is 0 Å². The van der Waals surface area contributed by atoms with Gasteiger partial charge >= 0.3 is 0 Å². The van der Waals surface area contributed by atoms with Crippen molar-refractivity contribution in [2.75, 3.05) is 26.7 Å². The molecule has 3 heterocycles. The third kappa shape index (κ3) is 14.6. The Hall–Kier alpha value is -3.77. The molecule has 2 aliphatic rings. The number of pyridine rings is 1. The molecule has 2 aromatic carbocycles. The van der Waals surface area contributed by atoms with E-state index in [1.54, 1.807) is 0 Å². The predicted octanol–water partition coefficient (Wildman–Crippen LogP) is 8.31. The number of nitrogens with zero attached hydrogens (tertiary/aromatic N) is 5. The van der Waals surface area contributed by atoms with Crippen molar-refractivity contribution in [3.05, 3.63) is 117 Å². The molecule has 6 rings (SSSR count). The third-order valence-electron chi connectivity index (χ3n) is 8.90. The van der Waals surface area contributed by atoms with Crippen molar-refractivity contribution in [1.82, 2.24) is 24.3 Å². The van der Waals surface area contributed by atoms with E-state index in [-0.39, 0.29) is 5.60 Å². The molecule has 1 atom stereocenters. The summed E-state index contributed by atoms with van der Waals surface area (Å²) in [5.41, 5.74) is 7.98. The summed E-state index contributed by atoms with van der Waals surface area (Å²) in [6, 6.07) is 20.6. The number of carbonyl (C=O) groups is 1. The molecule has 1 fully saturated rings. The van der Waals surface area contributed by atoms with Gasteiger partial charge in [0, 0.05) is 67.4 Å². The number of fused-ring (bicyclic) bond motifs is 2. The van der Waals surface area contributed by atoms with E-state index < -0.39 is 0 Å². The molecule has 4 aromatic rings. The maximum atomic E-state index is 9.60. The van der Waals surface area contributed by atoms with Gasteiger partial charge in [0.05, 0.1) is 6.33 Å². The number of benzene rings is 2. The quantitative estimate of drug-likeness (QED) is 0.127. The van der Waals surface area contributed by atoms with Gasteiger partial charge < -0.3 is 14.2 Å². The molecule has 1 unspecified atom stereocenters. The molecule has 0 radical (unpaired) electrons. The molecule has 0 spiro atoms. The SMILES string of the molecule is C#C.CC(C)(C)OC=O.CN1CCCCC1CN(CCCn1ccnc1)Cc1ccccc1.Cc1ccc2c(c1)CCc1cc(Br)cnc1C2. The smallest absolute Gasteiger partial charge is 0.293 e. The van der Waals surface area contributed by atoms with Gasteiger partial charge in [0.15, 0.2) is 0 Å². The molecule has 0 N–H and O–H groups in total. The number of piperidine rings is 1. The van der Waals surface area contributed by atoms with Crippen molar-refractivity contribution in [1.29, 1.82) is 0 Å². The number of halogens is 1. The highest BCUT2D eigenvalue weighted by Crippen LogP contribution is 2.25. The Morgan fingerprint density at radius 3 is 2.46 bits per heavy atom. The van der Waals surface area contributed by atoms with Crippen LogP contribution in [0.15, 0.2) is 84.0 Å². The third-order valence-corrected chi connectivity index (χ3v) is 9.33. The standard InChI is InChI=1S/C20H30N4.C15H14BrN.C5H10O2.C2H2/c1-22-12-6-5-10-20(22)17-24(16-19-8-3-2-4-9-19)14-7-13-23-15-11-21-18-23;1-10-2-3-12-8-15-13(5-4-11(12)6-10)7-14(16)9-17-15;1-5(2,3)7-4-6;1-2/h2-4,8-9,11,15,18,20H,5-7,10,12-14,16-17H2,1H3;2-3,6-7,9H,4-5,8H2,1H3;4H,1-3H3;1-2H. The summed E-state index contributed by atoms with van der Waals surface area (Å²) in [6.07, 6.45) is 24.2. The zero-order valence-corrected chi connectivity index (χ0v) is 32.3. The summed E-state index contributed by atoms with van der Waals surface area (Å²) in [4.78, 5) is 23.5. The minimum Gasteiger partial charge on any atom is -0.462 e. The first-order valence-corrected chi connectivity index (χ1v) is 18.5. The number of rotatable bonds is 9. The molecular formula is C42H56BrN5O2. The number of likely N-dealkylation sites (N-methyl/N-ethyl adjacent to an activating group) is 1. The van der Waals surface area contributed by atoms with Crippen molar-refractivity contribution < 1.29 is 9.53 Å². The lowest BCUT2D eigenvalue weighted by Gasteiger charge is -2.36. The molecule has 2 aromatic heterocycles. The van der Waals surface area contributed by atoms with Crippen LogP contribution in [0.25, 0.3) is 0 Å². The summed E-state index contributed by atoms with van der Waals surface area (Å²) >= 11 is 3.50. The summed E-state index contributed by atoms with van der Waals surface area (Å²) in [6.45, 7) is 13.7. The zero-order valence-electron chi connectivity index (χ0n) is 30.7. The second-order valence-corrected chi connectivity index (χ2v) is 15.0. The van der Waals surface area contributed by atoms with Crippen LogP contribution in [0.2, 0.25) is 0 Å². The van der Waals surface area contributed by atoms with Gasteiger partial charge in [-0.15, -0.1) is 12.8 Å². The minimum absolute atomic E-state index is 0.318. The highest BCUT2D eigenvalue weighted by molar-refractivity contribution is 9.10. The Morgan fingerprint density at radius 1 is 1.04 bits per heavy atom. The highest BCUT2D eigenvalue weighted by atomic mass is 79.9. The molecule has 0 saturated carbocycles. The van der Waals surface area contributed by atoms with Crippen LogP contribution >= 0.6 is 15.9 Å². The van der Waals surface area contributed by atoms with Crippen LogP contribution in [-0.4, -0.2) is 69.1 Å². The van der Waals surface area contributed by atoms with E-state index in [0.29, 0.717) is 12.5 Å². The zero-order chi connectivity index (χ0) is 36.4. The molecule has 1 saturated heterocycles. The van der Waals surface area contributed by atoms with E-state index in [2.05, 4.69) is 133 Å². The van der Waals surface area contributed by atoms with Crippen LogP contribution in [0.4, 0.5) is 0 Å². The van der Waals surface area contributed by atoms with Gasteiger partial charge in [-0.2, -0.15) is 0 Å². The molecule has 0 bridgehead atoms. The summed E-state index contributed by atoms with van der Waals surface area (Å²) in [7, 11) is 2.29. The van der Waals surface area contributed by atoms with Crippen molar-refractivity contribution in [2.45, 2.75) is 97.4 Å². The van der Waals surface area contributed by atoms with E-state index >= 15 is 0 Å². The molecule has 8 heteroatoms. The first-order valence-electron chi connectivity index (χ1n) is 17.7. The molecule has 0 amide bonds. The van der Waals surface area contributed by atoms with E-state index in [9.17, 15) is 4.79 Å². The number of hydrogen-bond acceptors (Lipinski definition) is 6. The lowest BCUT2D eigenvalue weighted by molar-refractivity contribution is -0.138. The Balaban J connectivity index is 0.000000226. The van der Waals surface area contributed by atoms with Gasteiger partial charge in [-0.3, -0.25) is 14.7 Å². The number of imidazole rings is 1. The van der Waals surface area contributed by atoms with Crippen molar-refractivity contribution >= 4 is 22.4 Å².